The van der Waals surface area contributed by atoms with Crippen LogP contribution in [0.25, 0.3) is 0 Å². The molecule has 2 N–H and O–H groups in total. The Hall–Kier alpha value is -2.41. The van der Waals surface area contributed by atoms with Crippen LogP contribution in [0, 0.1) is 17.8 Å². The van der Waals surface area contributed by atoms with Crippen LogP contribution in [0.5, 0.6) is 0 Å². The second-order valence-electron chi connectivity index (χ2n) is 11.4. The summed E-state index contributed by atoms with van der Waals surface area (Å²) in [4.78, 5) is 42.8. The van der Waals surface area contributed by atoms with Gasteiger partial charge in [0.05, 0.1) is 5.92 Å². The minimum Gasteiger partial charge on any atom is -0.343 e. The van der Waals surface area contributed by atoms with Crippen LogP contribution in [0.3, 0.4) is 0 Å². The molecule has 7 nitrogen and oxygen atoms in total. The summed E-state index contributed by atoms with van der Waals surface area (Å²) < 4.78 is 0. The molecule has 1 aromatic rings. The van der Waals surface area contributed by atoms with Crippen LogP contribution >= 0.6 is 0 Å². The van der Waals surface area contributed by atoms with E-state index in [0.29, 0.717) is 44.2 Å². The van der Waals surface area contributed by atoms with Crippen LogP contribution in [-0.2, 0) is 14.4 Å². The van der Waals surface area contributed by atoms with Crippen molar-refractivity contribution in [2.24, 2.45) is 17.8 Å². The summed E-state index contributed by atoms with van der Waals surface area (Å²) in [7, 11) is 0. The average Bonchev–Trinajstić information content (AvgIpc) is 2.92. The fourth-order valence-electron chi connectivity index (χ4n) is 6.47. The van der Waals surface area contributed by atoms with E-state index in [4.69, 9.17) is 0 Å². The number of hydroxylamine groups is 1. The van der Waals surface area contributed by atoms with Gasteiger partial charge in [0.15, 0.2) is 0 Å². The number of hydrogen-bond donors (Lipinski definition) is 2. The second-order valence-corrected chi connectivity index (χ2v) is 11.4. The van der Waals surface area contributed by atoms with Crippen LogP contribution < -0.4 is 5.48 Å². The van der Waals surface area contributed by atoms with E-state index in [-0.39, 0.29) is 17.7 Å². The normalized spacial score (nSPS) is 25.6. The molecule has 2 saturated heterocycles. The number of hydrogen-bond acceptors (Lipinski definition) is 4. The highest BCUT2D eigenvalue weighted by Crippen LogP contribution is 2.39. The number of nitrogens with zero attached hydrogens (tertiary/aromatic N) is 2. The van der Waals surface area contributed by atoms with Gasteiger partial charge in [-0.15, -0.1) is 0 Å². The van der Waals surface area contributed by atoms with Crippen molar-refractivity contribution in [1.82, 2.24) is 15.3 Å². The molecule has 2 aliphatic heterocycles. The van der Waals surface area contributed by atoms with Gasteiger partial charge in [-0.3, -0.25) is 19.6 Å². The zero-order chi connectivity index (χ0) is 25.7. The van der Waals surface area contributed by atoms with Crippen molar-refractivity contribution >= 4 is 17.7 Å². The summed E-state index contributed by atoms with van der Waals surface area (Å²) in [6.07, 6.45) is 7.39. The third-order valence-electron chi connectivity index (χ3n) is 8.75. The predicted octanol–water partition coefficient (Wildman–Crippen LogP) is 4.46. The smallest absolute Gasteiger partial charge is 0.247 e. The lowest BCUT2D eigenvalue weighted by Gasteiger charge is -2.39. The largest absolute Gasteiger partial charge is 0.343 e. The van der Waals surface area contributed by atoms with Gasteiger partial charge in [0.1, 0.15) is 0 Å². The maximum atomic E-state index is 13.5. The Morgan fingerprint density at radius 3 is 2.33 bits per heavy atom. The van der Waals surface area contributed by atoms with Gasteiger partial charge >= 0.3 is 0 Å². The van der Waals surface area contributed by atoms with Gasteiger partial charge in [-0.25, -0.2) is 5.48 Å². The molecule has 3 fully saturated rings. The number of likely N-dealkylation sites (tertiary alicyclic amines) is 2. The van der Waals surface area contributed by atoms with Gasteiger partial charge in [-0.1, -0.05) is 38.1 Å². The Balaban J connectivity index is 1.34. The zero-order valence-electron chi connectivity index (χ0n) is 22.0. The highest BCUT2D eigenvalue weighted by atomic mass is 16.5. The first-order chi connectivity index (χ1) is 17.4. The minimum atomic E-state index is -0.587. The molecule has 1 saturated carbocycles. The zero-order valence-corrected chi connectivity index (χ0v) is 22.0. The first-order valence-corrected chi connectivity index (χ1v) is 14.0. The number of amides is 3. The Labute approximate surface area is 215 Å². The van der Waals surface area contributed by atoms with E-state index in [9.17, 15) is 19.6 Å². The summed E-state index contributed by atoms with van der Waals surface area (Å²) in [5.74, 6) is -0.314. The first-order valence-electron chi connectivity index (χ1n) is 14.0. The van der Waals surface area contributed by atoms with E-state index in [2.05, 4.69) is 38.1 Å². The van der Waals surface area contributed by atoms with Crippen LogP contribution in [0.1, 0.15) is 94.6 Å². The summed E-state index contributed by atoms with van der Waals surface area (Å²) in [5, 5.41) is 9.39. The van der Waals surface area contributed by atoms with Crippen LogP contribution in [0.2, 0.25) is 0 Å². The summed E-state index contributed by atoms with van der Waals surface area (Å²) >= 11 is 0. The van der Waals surface area contributed by atoms with Crippen LogP contribution in [-0.4, -0.2) is 58.9 Å². The van der Waals surface area contributed by atoms with Gasteiger partial charge in [0.25, 0.3) is 0 Å². The van der Waals surface area contributed by atoms with Crippen molar-refractivity contribution in [3.05, 3.63) is 35.4 Å². The first kappa shape index (κ1) is 26.6. The third-order valence-corrected chi connectivity index (χ3v) is 8.75. The predicted molar refractivity (Wildman–Crippen MR) is 138 cm³/mol. The van der Waals surface area contributed by atoms with E-state index < -0.39 is 17.7 Å². The number of carbonyl (C=O) groups is 3. The Kier molecular flexibility index (Phi) is 9.04. The highest BCUT2D eigenvalue weighted by Gasteiger charge is 2.42. The average molecular weight is 498 g/mol. The molecule has 0 unspecified atom stereocenters. The lowest BCUT2D eigenvalue weighted by molar-refractivity contribution is -0.149. The van der Waals surface area contributed by atoms with Gasteiger partial charge in [0.2, 0.25) is 17.7 Å². The molecule has 0 bridgehead atoms. The van der Waals surface area contributed by atoms with E-state index in [0.717, 1.165) is 45.2 Å². The standard InChI is InChI=1S/C29H43N3O4/c1-20(2)23-7-6-8-24(19-23)22-11-15-32(16-12-22)29(35)25-10-9-21(17-26(25)28(34)30-36)18-27(33)31-13-4-3-5-14-31/h6-8,19-22,25-26,36H,3-5,9-18H2,1-2H3,(H,30,34)/t21-,25-,26-/m1/s1. The number of carbonyl (C=O) groups excluding carboxylic acids is 3. The van der Waals surface area contributed by atoms with E-state index in [1.54, 1.807) is 5.48 Å². The monoisotopic (exact) mass is 497 g/mol. The van der Waals surface area contributed by atoms with Crippen molar-refractivity contribution in [2.75, 3.05) is 26.2 Å². The molecule has 4 rings (SSSR count). The highest BCUT2D eigenvalue weighted by molar-refractivity contribution is 5.87. The molecule has 0 aromatic heterocycles. The molecule has 36 heavy (non-hydrogen) atoms. The summed E-state index contributed by atoms with van der Waals surface area (Å²) in [5.41, 5.74) is 4.50. The molecular formula is C29H43N3O4. The molecule has 0 radical (unpaired) electrons. The molecule has 198 valence electrons. The maximum Gasteiger partial charge on any atom is 0.247 e. The van der Waals surface area contributed by atoms with Gasteiger partial charge < -0.3 is 9.80 Å². The Bertz CT molecular complexity index is 919. The quantitative estimate of drug-likeness (QED) is 0.449. The van der Waals surface area contributed by atoms with Crippen molar-refractivity contribution in [3.8, 4) is 0 Å². The number of benzene rings is 1. The number of rotatable bonds is 6. The van der Waals surface area contributed by atoms with Gasteiger partial charge in [-0.05, 0) is 80.2 Å². The van der Waals surface area contributed by atoms with Crippen molar-refractivity contribution in [1.29, 1.82) is 0 Å². The van der Waals surface area contributed by atoms with E-state index in [1.165, 1.54) is 17.5 Å². The van der Waals surface area contributed by atoms with Crippen molar-refractivity contribution in [3.63, 3.8) is 0 Å². The van der Waals surface area contributed by atoms with Crippen LogP contribution in [0.4, 0.5) is 0 Å². The topological polar surface area (TPSA) is 90.0 Å². The van der Waals surface area contributed by atoms with E-state index in [1.807, 2.05) is 9.80 Å². The molecule has 3 amide bonds. The fraction of sp³-hybridized carbons (Fsp3) is 0.690. The third kappa shape index (κ3) is 6.28. The minimum absolute atomic E-state index is 0.0267. The SMILES string of the molecule is CC(C)c1cccc(C2CCN(C(=O)[C@@H]3CC[C@@H](CC(=O)N4CCCCC4)C[C@H]3C(=O)NO)CC2)c1. The molecular weight excluding hydrogens is 454 g/mol. The fourth-order valence-corrected chi connectivity index (χ4v) is 6.47. The maximum absolute atomic E-state index is 13.5. The van der Waals surface area contributed by atoms with Gasteiger partial charge in [0, 0.05) is 38.5 Å². The summed E-state index contributed by atoms with van der Waals surface area (Å²) in [6.45, 7) is 7.44. The van der Waals surface area contributed by atoms with Gasteiger partial charge in [-0.2, -0.15) is 0 Å². The molecule has 0 spiro atoms. The molecule has 3 aliphatic rings. The van der Waals surface area contributed by atoms with E-state index >= 15 is 0 Å². The molecule has 3 atom stereocenters. The van der Waals surface area contributed by atoms with Crippen molar-refractivity contribution < 1.29 is 19.6 Å². The molecule has 2 heterocycles. The number of piperidine rings is 2. The Morgan fingerprint density at radius 2 is 1.67 bits per heavy atom. The lowest BCUT2D eigenvalue weighted by atomic mass is 9.71. The molecule has 7 heteroatoms. The summed E-state index contributed by atoms with van der Waals surface area (Å²) in [6, 6.07) is 8.81. The Morgan fingerprint density at radius 1 is 0.944 bits per heavy atom. The second kappa shape index (κ2) is 12.2. The number of nitrogens with one attached hydrogen (secondary N) is 1. The molecule has 1 aliphatic carbocycles. The van der Waals surface area contributed by atoms with Crippen LogP contribution in [0.15, 0.2) is 24.3 Å². The lowest BCUT2D eigenvalue weighted by Crippen LogP contribution is -2.48. The molecule has 1 aromatic carbocycles. The van der Waals surface area contributed by atoms with Crippen molar-refractivity contribution in [2.45, 2.75) is 83.5 Å².